The Kier molecular flexibility index (Phi) is 6.49. The van der Waals surface area contributed by atoms with Crippen molar-refractivity contribution >= 4 is 11.8 Å². The fourth-order valence-corrected chi connectivity index (χ4v) is 5.47. The van der Waals surface area contributed by atoms with E-state index in [0.29, 0.717) is 56.2 Å². The van der Waals surface area contributed by atoms with Crippen LogP contribution in [0, 0.1) is 5.41 Å². The third-order valence-electron chi connectivity index (χ3n) is 7.59. The number of rotatable bonds is 3. The fraction of sp³-hybridized carbons (Fsp3) is 0.367. The molecule has 4 aliphatic rings. The van der Waals surface area contributed by atoms with Gasteiger partial charge in [-0.1, -0.05) is 18.2 Å². The zero-order chi connectivity index (χ0) is 26.1. The Balaban J connectivity index is 1.41. The SMILES string of the molecule is COCC1(C(=O)N2CCc3cc4ccc3C2c2cccc(c2)OCCCNC(=O)c2cncc(c2)O4)CC1. The summed E-state index contributed by atoms with van der Waals surface area (Å²) in [6.07, 6.45) is 6.21. The van der Waals surface area contributed by atoms with E-state index in [1.54, 1.807) is 19.4 Å². The van der Waals surface area contributed by atoms with Gasteiger partial charge in [-0.15, -0.1) is 0 Å². The summed E-state index contributed by atoms with van der Waals surface area (Å²) in [5.41, 5.74) is 3.23. The average Bonchev–Trinajstić information content (AvgIpc) is 3.72. The van der Waals surface area contributed by atoms with Gasteiger partial charge in [-0.2, -0.15) is 0 Å². The molecule has 2 amide bonds. The Morgan fingerprint density at radius 2 is 2.03 bits per heavy atom. The second kappa shape index (κ2) is 10.1. The van der Waals surface area contributed by atoms with E-state index < -0.39 is 5.41 Å². The monoisotopic (exact) mass is 513 g/mol. The van der Waals surface area contributed by atoms with Crippen LogP contribution in [-0.2, 0) is 16.0 Å². The molecule has 2 aromatic carbocycles. The van der Waals surface area contributed by atoms with E-state index in [4.69, 9.17) is 14.2 Å². The molecule has 1 N–H and O–H groups in total. The molecule has 1 saturated carbocycles. The lowest BCUT2D eigenvalue weighted by atomic mass is 9.86. The van der Waals surface area contributed by atoms with Crippen LogP contribution in [0.25, 0.3) is 0 Å². The van der Waals surface area contributed by atoms with Gasteiger partial charge in [-0.25, -0.2) is 0 Å². The number of carbonyl (C=O) groups is 2. The highest BCUT2D eigenvalue weighted by molar-refractivity contribution is 5.94. The molecule has 3 aliphatic heterocycles. The number of aromatic nitrogens is 1. The van der Waals surface area contributed by atoms with Gasteiger partial charge in [0.05, 0.1) is 36.4 Å². The van der Waals surface area contributed by atoms with E-state index in [1.807, 2.05) is 41.3 Å². The predicted molar refractivity (Wildman–Crippen MR) is 140 cm³/mol. The fourth-order valence-electron chi connectivity index (χ4n) is 5.47. The average molecular weight is 514 g/mol. The molecule has 1 atom stereocenters. The molecule has 4 heterocycles. The summed E-state index contributed by atoms with van der Waals surface area (Å²) in [6, 6.07) is 15.4. The maximum atomic E-state index is 13.9. The van der Waals surface area contributed by atoms with E-state index >= 15 is 0 Å². The van der Waals surface area contributed by atoms with Crippen LogP contribution in [0.1, 0.15) is 52.4 Å². The number of nitrogens with one attached hydrogen (secondary N) is 1. The van der Waals surface area contributed by atoms with Crippen LogP contribution in [0.4, 0.5) is 0 Å². The van der Waals surface area contributed by atoms with Crippen molar-refractivity contribution in [1.29, 1.82) is 0 Å². The predicted octanol–water partition coefficient (Wildman–Crippen LogP) is 4.29. The highest BCUT2D eigenvalue weighted by Crippen LogP contribution is 2.50. The number of hydrogen-bond acceptors (Lipinski definition) is 6. The van der Waals surface area contributed by atoms with Crippen LogP contribution >= 0.6 is 0 Å². The molecule has 8 nitrogen and oxygen atoms in total. The minimum Gasteiger partial charge on any atom is -0.494 e. The minimum absolute atomic E-state index is 0.155. The normalized spacial score (nSPS) is 19.9. The van der Waals surface area contributed by atoms with Crippen molar-refractivity contribution in [2.24, 2.45) is 5.41 Å². The standard InChI is InChI=1S/C30H31N3O5/c1-36-19-30(9-10-30)29(35)33-12-8-20-14-24-6-7-26(20)27(33)21-4-2-5-23(15-21)37-13-3-11-32-28(34)22-16-25(38-24)18-31-17-22/h2,4-7,14-18,27H,3,8-13,19H2,1H3,(H,32,34). The van der Waals surface area contributed by atoms with Gasteiger partial charge in [0.15, 0.2) is 0 Å². The molecule has 1 unspecified atom stereocenters. The van der Waals surface area contributed by atoms with Crippen molar-refractivity contribution < 1.29 is 23.8 Å². The van der Waals surface area contributed by atoms with E-state index in [2.05, 4.69) is 16.4 Å². The van der Waals surface area contributed by atoms with Gasteiger partial charge in [0.2, 0.25) is 5.91 Å². The van der Waals surface area contributed by atoms with E-state index in [0.717, 1.165) is 35.3 Å². The second-order valence-corrected chi connectivity index (χ2v) is 10.3. The number of benzene rings is 2. The molecule has 8 heteroatoms. The minimum atomic E-state index is -0.419. The molecule has 0 spiro atoms. The number of amides is 2. The highest BCUT2D eigenvalue weighted by atomic mass is 16.5. The van der Waals surface area contributed by atoms with E-state index in [-0.39, 0.29) is 17.9 Å². The lowest BCUT2D eigenvalue weighted by Crippen LogP contribution is -2.45. The number of methoxy groups -OCH3 is 1. The third kappa shape index (κ3) is 4.72. The number of carbonyl (C=O) groups excluding carboxylic acids is 2. The number of pyridine rings is 1. The van der Waals surface area contributed by atoms with Crippen molar-refractivity contribution in [2.75, 3.05) is 33.4 Å². The van der Waals surface area contributed by atoms with Gasteiger partial charge in [-0.3, -0.25) is 14.6 Å². The quantitative estimate of drug-likeness (QED) is 0.562. The Bertz CT molecular complexity index is 1370. The molecule has 7 rings (SSSR count). The van der Waals surface area contributed by atoms with Crippen molar-refractivity contribution in [2.45, 2.75) is 31.7 Å². The van der Waals surface area contributed by atoms with E-state index in [1.165, 1.54) is 6.20 Å². The first-order valence-electron chi connectivity index (χ1n) is 13.1. The van der Waals surface area contributed by atoms with Crippen LogP contribution < -0.4 is 14.8 Å². The first kappa shape index (κ1) is 24.4. The number of fused-ring (bicyclic) bond motifs is 6. The summed E-state index contributed by atoms with van der Waals surface area (Å²) in [6.45, 7) is 1.98. The van der Waals surface area contributed by atoms with Gasteiger partial charge in [-0.05, 0) is 72.7 Å². The van der Waals surface area contributed by atoms with Crippen LogP contribution in [0.3, 0.4) is 0 Å². The lowest BCUT2D eigenvalue weighted by Gasteiger charge is -2.40. The topological polar surface area (TPSA) is 90.0 Å². The molecule has 38 heavy (non-hydrogen) atoms. The maximum Gasteiger partial charge on any atom is 0.252 e. The third-order valence-corrected chi connectivity index (χ3v) is 7.59. The zero-order valence-electron chi connectivity index (χ0n) is 21.4. The molecule has 196 valence electrons. The Morgan fingerprint density at radius 3 is 2.87 bits per heavy atom. The lowest BCUT2D eigenvalue weighted by molar-refractivity contribution is -0.141. The van der Waals surface area contributed by atoms with Crippen molar-refractivity contribution in [3.63, 3.8) is 0 Å². The van der Waals surface area contributed by atoms with E-state index in [9.17, 15) is 9.59 Å². The molecule has 1 fully saturated rings. The molecule has 1 aliphatic carbocycles. The Labute approximate surface area is 221 Å². The maximum absolute atomic E-state index is 13.9. The van der Waals surface area contributed by atoms with Gasteiger partial charge >= 0.3 is 0 Å². The van der Waals surface area contributed by atoms with Crippen molar-refractivity contribution in [3.8, 4) is 17.2 Å². The van der Waals surface area contributed by atoms with Crippen molar-refractivity contribution in [3.05, 3.63) is 83.2 Å². The summed E-state index contributed by atoms with van der Waals surface area (Å²) in [5.74, 6) is 1.85. The Hall–Kier alpha value is -3.91. The van der Waals surface area contributed by atoms with Gasteiger partial charge in [0.1, 0.15) is 17.2 Å². The largest absolute Gasteiger partial charge is 0.494 e. The Morgan fingerprint density at radius 1 is 1.13 bits per heavy atom. The number of ether oxygens (including phenoxy) is 3. The van der Waals surface area contributed by atoms with Gasteiger partial charge < -0.3 is 24.4 Å². The first-order valence-corrected chi connectivity index (χ1v) is 13.1. The molecular formula is C30H31N3O5. The number of hydrogen-bond donors (Lipinski definition) is 1. The summed E-state index contributed by atoms with van der Waals surface area (Å²) in [4.78, 5) is 32.7. The smallest absolute Gasteiger partial charge is 0.252 e. The van der Waals surface area contributed by atoms with Crippen LogP contribution in [-0.4, -0.2) is 55.1 Å². The first-order chi connectivity index (χ1) is 18.6. The molecule has 8 bridgehead atoms. The van der Waals surface area contributed by atoms with Crippen LogP contribution in [0.15, 0.2) is 60.9 Å². The van der Waals surface area contributed by atoms with Gasteiger partial charge in [0, 0.05) is 26.4 Å². The second-order valence-electron chi connectivity index (χ2n) is 10.3. The highest BCUT2D eigenvalue weighted by Gasteiger charge is 2.53. The zero-order valence-corrected chi connectivity index (χ0v) is 21.4. The molecule has 1 aromatic heterocycles. The molecule has 0 saturated heterocycles. The van der Waals surface area contributed by atoms with Crippen LogP contribution in [0.5, 0.6) is 17.2 Å². The van der Waals surface area contributed by atoms with Crippen molar-refractivity contribution in [1.82, 2.24) is 15.2 Å². The molecular weight excluding hydrogens is 482 g/mol. The van der Waals surface area contributed by atoms with Gasteiger partial charge in [0.25, 0.3) is 5.91 Å². The summed E-state index contributed by atoms with van der Waals surface area (Å²) in [7, 11) is 1.66. The molecule has 0 radical (unpaired) electrons. The van der Waals surface area contributed by atoms with Crippen LogP contribution in [0.2, 0.25) is 0 Å². The summed E-state index contributed by atoms with van der Waals surface area (Å²) >= 11 is 0. The number of nitrogens with zero attached hydrogens (tertiary/aromatic N) is 2. The molecule has 3 aromatic rings. The summed E-state index contributed by atoms with van der Waals surface area (Å²) in [5, 5.41) is 2.91. The summed E-state index contributed by atoms with van der Waals surface area (Å²) < 4.78 is 17.6.